The summed E-state index contributed by atoms with van der Waals surface area (Å²) in [5, 5.41) is 0. The van der Waals surface area contributed by atoms with Gasteiger partial charge in [-0.15, -0.1) is 0 Å². The molecule has 0 bridgehead atoms. The summed E-state index contributed by atoms with van der Waals surface area (Å²) in [4.78, 5) is 23.7. The molecule has 0 saturated carbocycles. The number of allylic oxidation sites excluding steroid dienone is 3. The average molecular weight is 407 g/mol. The minimum absolute atomic E-state index is 0.262. The highest BCUT2D eigenvalue weighted by Gasteiger charge is 2.44. The van der Waals surface area contributed by atoms with Crippen molar-refractivity contribution in [2.45, 2.75) is 122 Å². The van der Waals surface area contributed by atoms with Crippen LogP contribution in [0.25, 0.3) is 0 Å². The van der Waals surface area contributed by atoms with Crippen LogP contribution >= 0.6 is 0 Å². The Labute approximate surface area is 178 Å². The van der Waals surface area contributed by atoms with Crippen molar-refractivity contribution in [2.75, 3.05) is 0 Å². The molecule has 1 rings (SSSR count). The van der Waals surface area contributed by atoms with Crippen molar-refractivity contribution in [3.05, 3.63) is 24.5 Å². The monoisotopic (exact) mass is 406 g/mol. The SMILES string of the molecule is CC=COC1C(=O)O[C@@H](CCC=CCCCCCCCCCCCCCC)C1=O. The molecule has 1 heterocycles. The molecule has 0 aromatic heterocycles. The average Bonchev–Trinajstić information content (AvgIpc) is 2.99. The first-order valence-corrected chi connectivity index (χ1v) is 11.9. The Morgan fingerprint density at radius 3 is 1.97 bits per heavy atom. The van der Waals surface area contributed by atoms with Gasteiger partial charge in [0.1, 0.15) is 0 Å². The lowest BCUT2D eigenvalue weighted by Gasteiger charge is -2.05. The van der Waals surface area contributed by atoms with Gasteiger partial charge in [-0.1, -0.05) is 95.8 Å². The van der Waals surface area contributed by atoms with E-state index in [4.69, 9.17) is 9.47 Å². The van der Waals surface area contributed by atoms with Gasteiger partial charge in [-0.2, -0.15) is 0 Å². The number of rotatable bonds is 18. The van der Waals surface area contributed by atoms with E-state index in [-0.39, 0.29) is 5.78 Å². The van der Waals surface area contributed by atoms with E-state index in [1.54, 1.807) is 13.0 Å². The van der Waals surface area contributed by atoms with Crippen molar-refractivity contribution in [3.63, 3.8) is 0 Å². The molecule has 2 atom stereocenters. The van der Waals surface area contributed by atoms with Gasteiger partial charge in [0.05, 0.1) is 6.26 Å². The third kappa shape index (κ3) is 11.9. The molecule has 4 nitrogen and oxygen atoms in total. The molecule has 1 fully saturated rings. The summed E-state index contributed by atoms with van der Waals surface area (Å²) in [5.74, 6) is -0.832. The fraction of sp³-hybridized carbons (Fsp3) is 0.760. The fourth-order valence-corrected chi connectivity index (χ4v) is 3.61. The Morgan fingerprint density at radius 2 is 1.38 bits per heavy atom. The predicted octanol–water partition coefficient (Wildman–Crippen LogP) is 6.83. The molecule has 4 heteroatoms. The van der Waals surface area contributed by atoms with E-state index < -0.39 is 18.2 Å². The fourth-order valence-electron chi connectivity index (χ4n) is 3.61. The van der Waals surface area contributed by atoms with Crippen LogP contribution < -0.4 is 0 Å². The molecule has 1 aliphatic heterocycles. The molecule has 166 valence electrons. The number of hydrogen-bond acceptors (Lipinski definition) is 4. The number of ether oxygens (including phenoxy) is 2. The zero-order valence-corrected chi connectivity index (χ0v) is 18.7. The van der Waals surface area contributed by atoms with Crippen LogP contribution in [0.15, 0.2) is 24.5 Å². The number of Topliss-reactive ketones (excluding diaryl/α,β-unsaturated/α-hetero) is 1. The van der Waals surface area contributed by atoms with E-state index in [2.05, 4.69) is 19.1 Å². The van der Waals surface area contributed by atoms with Gasteiger partial charge in [0.2, 0.25) is 5.78 Å². The highest BCUT2D eigenvalue weighted by atomic mass is 16.6. The van der Waals surface area contributed by atoms with Crippen LogP contribution in [0.4, 0.5) is 0 Å². The Balaban J connectivity index is 1.92. The number of carbonyl (C=O) groups excluding carboxylic acids is 2. The molecular weight excluding hydrogens is 364 g/mol. The summed E-state index contributed by atoms with van der Waals surface area (Å²) in [6, 6.07) is 0. The van der Waals surface area contributed by atoms with Crippen molar-refractivity contribution in [3.8, 4) is 0 Å². The molecule has 0 aromatic carbocycles. The molecular formula is C25H42O4. The maximum Gasteiger partial charge on any atom is 0.356 e. The van der Waals surface area contributed by atoms with Gasteiger partial charge in [0, 0.05) is 0 Å². The zero-order valence-electron chi connectivity index (χ0n) is 18.7. The maximum absolute atomic E-state index is 12.1. The first-order valence-electron chi connectivity index (χ1n) is 11.9. The minimum Gasteiger partial charge on any atom is -0.479 e. The van der Waals surface area contributed by atoms with Crippen molar-refractivity contribution >= 4 is 11.8 Å². The topological polar surface area (TPSA) is 52.6 Å². The lowest BCUT2D eigenvalue weighted by molar-refractivity contribution is -0.147. The van der Waals surface area contributed by atoms with Crippen LogP contribution in [-0.4, -0.2) is 24.0 Å². The summed E-state index contributed by atoms with van der Waals surface area (Å²) in [5.41, 5.74) is 0. The Bertz CT molecular complexity index is 495. The highest BCUT2D eigenvalue weighted by Crippen LogP contribution is 2.19. The van der Waals surface area contributed by atoms with Crippen molar-refractivity contribution < 1.29 is 19.1 Å². The Kier molecular flexibility index (Phi) is 15.2. The molecule has 1 unspecified atom stereocenters. The summed E-state index contributed by atoms with van der Waals surface area (Å²) in [7, 11) is 0. The van der Waals surface area contributed by atoms with Gasteiger partial charge in [0.15, 0.2) is 6.10 Å². The van der Waals surface area contributed by atoms with Crippen molar-refractivity contribution in [2.24, 2.45) is 0 Å². The van der Waals surface area contributed by atoms with E-state index in [9.17, 15) is 9.59 Å². The molecule has 0 amide bonds. The number of hydrogen-bond donors (Lipinski definition) is 0. The minimum atomic E-state index is -1.08. The standard InChI is InChI=1S/C25H42O4/c1-3-5-6-7-8-9-10-11-12-13-14-15-16-17-18-19-20-22-23(26)24(25(27)29-22)28-21-4-2/h4,17-18,21-22,24H,3,5-16,19-20H2,1-2H3/t22-,24?/m0/s1. The van der Waals surface area contributed by atoms with Crippen LogP contribution in [0.5, 0.6) is 0 Å². The molecule has 0 spiro atoms. The van der Waals surface area contributed by atoms with Gasteiger partial charge in [0.25, 0.3) is 6.10 Å². The van der Waals surface area contributed by atoms with E-state index >= 15 is 0 Å². The second-order valence-electron chi connectivity index (χ2n) is 8.04. The zero-order chi connectivity index (χ0) is 21.2. The lowest BCUT2D eigenvalue weighted by atomic mass is 10.0. The molecule has 0 radical (unpaired) electrons. The van der Waals surface area contributed by atoms with Crippen molar-refractivity contribution in [1.29, 1.82) is 0 Å². The third-order valence-electron chi connectivity index (χ3n) is 5.39. The Hall–Kier alpha value is -1.58. The van der Waals surface area contributed by atoms with E-state index in [0.717, 1.165) is 12.8 Å². The number of unbranched alkanes of at least 4 members (excludes halogenated alkanes) is 12. The number of esters is 1. The normalized spacial score (nSPS) is 19.5. The number of ketones is 1. The third-order valence-corrected chi connectivity index (χ3v) is 5.39. The first kappa shape index (κ1) is 25.5. The summed E-state index contributed by atoms with van der Waals surface area (Å²) < 4.78 is 10.2. The maximum atomic E-state index is 12.1. The Morgan fingerprint density at radius 1 is 0.828 bits per heavy atom. The van der Waals surface area contributed by atoms with Crippen LogP contribution in [0.2, 0.25) is 0 Å². The summed E-state index contributed by atoms with van der Waals surface area (Å²) in [6.45, 7) is 4.04. The van der Waals surface area contributed by atoms with Crippen LogP contribution in [0.1, 0.15) is 110 Å². The summed E-state index contributed by atoms with van der Waals surface area (Å²) in [6.07, 6.45) is 24.3. The molecule has 1 aliphatic rings. The van der Waals surface area contributed by atoms with Crippen LogP contribution in [0.3, 0.4) is 0 Å². The van der Waals surface area contributed by atoms with Gasteiger partial charge in [-0.05, 0) is 32.6 Å². The quantitative estimate of drug-likeness (QED) is 0.0823. The molecule has 29 heavy (non-hydrogen) atoms. The van der Waals surface area contributed by atoms with Gasteiger partial charge >= 0.3 is 5.97 Å². The first-order chi connectivity index (χ1) is 14.2. The number of carbonyl (C=O) groups is 2. The second kappa shape index (κ2) is 17.3. The number of cyclic esters (lactones) is 1. The largest absolute Gasteiger partial charge is 0.479 e. The van der Waals surface area contributed by atoms with Crippen LogP contribution in [0, 0.1) is 0 Å². The smallest absolute Gasteiger partial charge is 0.356 e. The second-order valence-corrected chi connectivity index (χ2v) is 8.04. The molecule has 0 aromatic rings. The highest BCUT2D eigenvalue weighted by molar-refractivity contribution is 6.09. The molecule has 1 saturated heterocycles. The van der Waals surface area contributed by atoms with E-state index in [1.165, 1.54) is 83.3 Å². The van der Waals surface area contributed by atoms with E-state index in [0.29, 0.717) is 6.42 Å². The van der Waals surface area contributed by atoms with Gasteiger partial charge in [-0.25, -0.2) is 4.79 Å². The van der Waals surface area contributed by atoms with Crippen molar-refractivity contribution in [1.82, 2.24) is 0 Å². The lowest BCUT2D eigenvalue weighted by Crippen LogP contribution is -2.26. The summed E-state index contributed by atoms with van der Waals surface area (Å²) >= 11 is 0. The van der Waals surface area contributed by atoms with Gasteiger partial charge in [-0.3, -0.25) is 4.79 Å². The predicted molar refractivity (Wildman–Crippen MR) is 119 cm³/mol. The van der Waals surface area contributed by atoms with Gasteiger partial charge < -0.3 is 9.47 Å². The van der Waals surface area contributed by atoms with E-state index in [1.807, 2.05) is 0 Å². The molecule has 0 N–H and O–H groups in total. The van der Waals surface area contributed by atoms with Crippen LogP contribution in [-0.2, 0) is 19.1 Å². The molecule has 0 aliphatic carbocycles.